The van der Waals surface area contributed by atoms with Crippen LogP contribution in [0.5, 0.6) is 17.2 Å². The molecule has 16 nitrogen and oxygen atoms in total. The normalized spacial score (nSPS) is 11.1. The highest BCUT2D eigenvalue weighted by molar-refractivity contribution is 6.19. The minimum Gasteiger partial charge on any atom is -0.537 e. The molecular weight excluding hydrogens is 1340 g/mol. The molecule has 10 aromatic carbocycles. The van der Waals surface area contributed by atoms with Crippen LogP contribution < -0.4 is 14.0 Å². The fourth-order valence-electron chi connectivity index (χ4n) is 14.0. The van der Waals surface area contributed by atoms with Gasteiger partial charge in [-0.25, -0.2) is 15.0 Å². The Hall–Kier alpha value is -14.1. The molecule has 9 aromatic heterocycles. The Morgan fingerprint density at radius 3 is 0.963 bits per heavy atom. The number of fused-ring (bicyclic) bond motifs is 9. The molecule has 0 fully saturated rings. The summed E-state index contributed by atoms with van der Waals surface area (Å²) < 4.78 is 22.4. The molecule has 19 aromatic rings. The van der Waals surface area contributed by atoms with Crippen LogP contribution in [0.2, 0.25) is 0 Å². The van der Waals surface area contributed by atoms with Crippen LogP contribution in [0.25, 0.3) is 162 Å². The third kappa shape index (κ3) is 13.5. The summed E-state index contributed by atoms with van der Waals surface area (Å²) >= 11 is 0. The highest BCUT2D eigenvalue weighted by atomic mass is 16.5. The van der Waals surface area contributed by atoms with Gasteiger partial charge in [0, 0.05) is 96.3 Å². The van der Waals surface area contributed by atoms with Gasteiger partial charge in [-0.05, 0) is 170 Å². The van der Waals surface area contributed by atoms with Crippen LogP contribution >= 0.6 is 0 Å². The van der Waals surface area contributed by atoms with E-state index in [4.69, 9.17) is 44.0 Å². The molecule has 0 saturated heterocycles. The van der Waals surface area contributed by atoms with Crippen LogP contribution in [-0.2, 0) is 0 Å². The molecule has 0 unspecified atom stereocenters. The topological polar surface area (TPSA) is 193 Å². The van der Waals surface area contributed by atoms with Crippen LogP contribution in [-0.4, -0.2) is 86.7 Å². The van der Waals surface area contributed by atoms with Crippen molar-refractivity contribution in [2.45, 2.75) is 0 Å². The van der Waals surface area contributed by atoms with Gasteiger partial charge in [0.25, 0.3) is 0 Å². The summed E-state index contributed by atoms with van der Waals surface area (Å²) in [5.74, 6) is 2.42. The first-order valence-electron chi connectivity index (χ1n) is 34.8. The molecule has 19 heteroatoms. The second kappa shape index (κ2) is 30.3. The third-order valence-electron chi connectivity index (χ3n) is 18.8. The zero-order valence-electron chi connectivity index (χ0n) is 57.7. The van der Waals surface area contributed by atoms with Crippen LogP contribution in [0.4, 0.5) is 0 Å². The van der Waals surface area contributed by atoms with Crippen molar-refractivity contribution in [2.75, 3.05) is 0 Å². The Bertz CT molecular complexity index is 6010. The molecular formula is C89H60B3N10O6. The van der Waals surface area contributed by atoms with E-state index in [2.05, 4.69) is 131 Å². The van der Waals surface area contributed by atoms with Crippen molar-refractivity contribution < 1.29 is 29.0 Å². The zero-order valence-corrected chi connectivity index (χ0v) is 57.7. The minimum atomic E-state index is 0.566. The molecule has 511 valence electrons. The largest absolute Gasteiger partial charge is 0.569 e. The molecule has 19 rings (SSSR count). The molecule has 0 amide bonds. The lowest BCUT2D eigenvalue weighted by Gasteiger charge is -2.13. The fourth-order valence-corrected chi connectivity index (χ4v) is 14.0. The molecule has 0 aliphatic rings. The van der Waals surface area contributed by atoms with Crippen LogP contribution in [0.15, 0.2) is 346 Å². The van der Waals surface area contributed by atoms with Crippen LogP contribution in [0, 0.1) is 0 Å². The summed E-state index contributed by atoms with van der Waals surface area (Å²) in [5, 5.41) is 33.7. The van der Waals surface area contributed by atoms with Gasteiger partial charge < -0.3 is 42.7 Å². The SMILES string of the molecule is O[B]Oc1ccc2c(c1)c1ccccc1n2-c1cc(-c2ccccn2)cc(-c2ccccn2)c1.O[B]Oc1ccc2c(c1)c1ccccc1n2-c1cc(-c2ccccn2)nc(-c2ccccn2)c1.O[B]Oc1ccc2c(c1)c1ccccc1n2-c1ccc(-c2cc(-c3ccccc3)nc(-c3ccccc3)n2)cc1. The highest BCUT2D eigenvalue weighted by Crippen LogP contribution is 2.41. The Morgan fingerprint density at radius 2 is 0.565 bits per heavy atom. The number of nitrogens with zero attached hydrogens (tertiary/aromatic N) is 10. The highest BCUT2D eigenvalue weighted by Gasteiger charge is 2.21. The van der Waals surface area contributed by atoms with E-state index >= 15 is 0 Å². The predicted molar refractivity (Wildman–Crippen MR) is 431 cm³/mol. The molecule has 0 aliphatic carbocycles. The zero-order chi connectivity index (χ0) is 72.7. The maximum Gasteiger partial charge on any atom is 0.569 e. The number of hydrogen-bond acceptors (Lipinski definition) is 13. The van der Waals surface area contributed by atoms with Gasteiger partial charge in [-0.1, -0.05) is 152 Å². The summed E-state index contributed by atoms with van der Waals surface area (Å²) in [6.45, 7) is 0. The van der Waals surface area contributed by atoms with Crippen molar-refractivity contribution >= 4 is 88.5 Å². The Labute approximate surface area is 622 Å². The molecule has 9 heterocycles. The van der Waals surface area contributed by atoms with Gasteiger partial charge in [0.05, 0.1) is 84.3 Å². The number of benzene rings is 10. The average Bonchev–Trinajstić information content (AvgIpc) is 1.60. The van der Waals surface area contributed by atoms with Crippen LogP contribution in [0.3, 0.4) is 0 Å². The summed E-state index contributed by atoms with van der Waals surface area (Å²) in [6.07, 6.45) is 7.15. The van der Waals surface area contributed by atoms with Gasteiger partial charge in [-0.2, -0.15) is 0 Å². The van der Waals surface area contributed by atoms with E-state index in [9.17, 15) is 0 Å². The van der Waals surface area contributed by atoms with E-state index < -0.39 is 0 Å². The standard InChI is InChI=1S/C34H23BN3O2.C28H19BN3O2.C27H18BN4O2/c39-35-40-27-19-20-33-29(21-27)28-13-7-8-14-32(28)38(33)26-17-15-24(16-18-26)31-22-30(23-9-3-1-4-10-23)36-34(37-31)25-11-5-2-6-12-25;33-29-34-22-11-12-28-24(18-22)23-7-1-2-10-27(23)32(28)21-16-19(25-8-3-5-13-30-25)15-20(17-21)26-9-4-6-14-31-26;33-28-34-19-11-12-27-21(17-19)20-7-1-2-10-26(20)32(27)18-15-24(22-8-3-5-13-29-22)31-25(16-18)23-9-4-6-14-30-23/h1-22,39H;1-18,33H;1-17,33H. The van der Waals surface area contributed by atoms with Gasteiger partial charge in [0.2, 0.25) is 0 Å². The fraction of sp³-hybridized carbons (Fsp3) is 0. The van der Waals surface area contributed by atoms with Crippen molar-refractivity contribution in [3.8, 4) is 114 Å². The monoisotopic (exact) mass is 1400 g/mol. The molecule has 108 heavy (non-hydrogen) atoms. The summed E-state index contributed by atoms with van der Waals surface area (Å²) in [7, 11) is 2.11. The molecule has 3 radical (unpaired) electrons. The van der Waals surface area contributed by atoms with Crippen LogP contribution in [0.1, 0.15) is 0 Å². The Morgan fingerprint density at radius 1 is 0.222 bits per heavy atom. The number of aromatic nitrogens is 10. The predicted octanol–water partition coefficient (Wildman–Crippen LogP) is 18.5. The lowest BCUT2D eigenvalue weighted by Crippen LogP contribution is -2.00. The number of para-hydroxylation sites is 3. The summed E-state index contributed by atoms with van der Waals surface area (Å²) in [6, 6.07) is 107. The quantitative estimate of drug-likeness (QED) is 0.0775. The van der Waals surface area contributed by atoms with E-state index in [0.29, 0.717) is 46.1 Å². The lowest BCUT2D eigenvalue weighted by molar-refractivity contribution is 0.453. The molecule has 0 spiro atoms. The third-order valence-corrected chi connectivity index (χ3v) is 18.8. The van der Waals surface area contributed by atoms with Crippen molar-refractivity contribution in [3.63, 3.8) is 0 Å². The van der Waals surface area contributed by atoms with E-state index in [-0.39, 0.29) is 0 Å². The molecule has 0 aliphatic heterocycles. The first-order chi connectivity index (χ1) is 53.4. The molecule has 3 N–H and O–H groups in total. The van der Waals surface area contributed by atoms with E-state index in [1.165, 1.54) is 0 Å². The van der Waals surface area contributed by atoms with Gasteiger partial charge in [0.1, 0.15) is 17.2 Å². The maximum atomic E-state index is 9.11. The Balaban J connectivity index is 0.000000119. The van der Waals surface area contributed by atoms with Gasteiger partial charge in [0.15, 0.2) is 5.82 Å². The first kappa shape index (κ1) is 67.1. The van der Waals surface area contributed by atoms with Gasteiger partial charge in [-0.3, -0.25) is 19.9 Å². The summed E-state index contributed by atoms with van der Waals surface area (Å²) in [4.78, 5) is 33.0. The summed E-state index contributed by atoms with van der Waals surface area (Å²) in [5.41, 5.74) is 21.0. The Kier molecular flexibility index (Phi) is 18.8. The van der Waals surface area contributed by atoms with Gasteiger partial charge in [-0.15, -0.1) is 0 Å². The smallest absolute Gasteiger partial charge is 0.537 e. The molecule has 0 atom stereocenters. The van der Waals surface area contributed by atoms with Crippen molar-refractivity contribution in [3.05, 3.63) is 346 Å². The first-order valence-corrected chi connectivity index (χ1v) is 34.8. The van der Waals surface area contributed by atoms with Crippen molar-refractivity contribution in [2.24, 2.45) is 0 Å². The minimum absolute atomic E-state index is 0.566. The second-order valence-electron chi connectivity index (χ2n) is 25.2. The van der Waals surface area contributed by atoms with E-state index in [1.54, 1.807) is 12.4 Å². The van der Waals surface area contributed by atoms with Gasteiger partial charge >= 0.3 is 23.1 Å². The average molecular weight is 1400 g/mol. The molecule has 0 bridgehead atoms. The second-order valence-corrected chi connectivity index (χ2v) is 25.2. The van der Waals surface area contributed by atoms with E-state index in [0.717, 1.165) is 156 Å². The van der Waals surface area contributed by atoms with Crippen molar-refractivity contribution in [1.29, 1.82) is 0 Å². The van der Waals surface area contributed by atoms with E-state index in [1.807, 2.05) is 237 Å². The number of hydrogen-bond donors (Lipinski definition) is 3. The maximum absolute atomic E-state index is 9.11. The number of rotatable bonds is 16. The van der Waals surface area contributed by atoms with Crippen molar-refractivity contribution in [1.82, 2.24) is 48.6 Å². The molecule has 0 saturated carbocycles. The number of pyridine rings is 5. The lowest BCUT2D eigenvalue weighted by atomic mass is 10.0.